The number of hydrogen-bond donors (Lipinski definition) is 2. The number of carbonyl (C=O) groups excluding carboxylic acids is 1. The molecule has 2 aromatic rings. The maximum atomic E-state index is 13.3. The summed E-state index contributed by atoms with van der Waals surface area (Å²) < 4.78 is 13.3. The van der Waals surface area contributed by atoms with Crippen LogP contribution in [0, 0.1) is 5.82 Å². The van der Waals surface area contributed by atoms with Gasteiger partial charge in [-0.15, -0.1) is 0 Å². The average molecular weight is 259 g/mol. The third-order valence-electron chi connectivity index (χ3n) is 2.73. The molecular weight excluding hydrogens is 245 g/mol. The number of rotatable bonds is 4. The van der Waals surface area contributed by atoms with Crippen LogP contribution in [0.5, 0.6) is 5.75 Å². The molecule has 4 heteroatoms. The Labute approximate surface area is 110 Å². The van der Waals surface area contributed by atoms with E-state index in [0.717, 1.165) is 5.56 Å². The fourth-order valence-corrected chi connectivity index (χ4v) is 1.77. The van der Waals surface area contributed by atoms with Gasteiger partial charge in [0.15, 0.2) is 0 Å². The predicted octanol–water partition coefficient (Wildman–Crippen LogP) is 2.50. The number of phenols is 1. The molecule has 0 bridgehead atoms. The topological polar surface area (TPSA) is 49.3 Å². The van der Waals surface area contributed by atoms with Crippen molar-refractivity contribution in [3.63, 3.8) is 0 Å². The largest absolute Gasteiger partial charge is 0.508 e. The highest BCUT2D eigenvalue weighted by Gasteiger charge is 2.09. The molecule has 0 aliphatic heterocycles. The van der Waals surface area contributed by atoms with Crippen LogP contribution in [0.25, 0.3) is 0 Å². The van der Waals surface area contributed by atoms with Gasteiger partial charge in [0.25, 0.3) is 5.91 Å². The quantitative estimate of drug-likeness (QED) is 0.886. The number of phenolic OH excluding ortho intramolecular Hbond substituents is 1. The summed E-state index contributed by atoms with van der Waals surface area (Å²) in [5.41, 5.74) is 0.951. The van der Waals surface area contributed by atoms with Crippen LogP contribution in [0.1, 0.15) is 15.9 Å². The molecule has 0 aliphatic rings. The van der Waals surface area contributed by atoms with Crippen LogP contribution >= 0.6 is 0 Å². The molecule has 2 aromatic carbocycles. The molecule has 0 radical (unpaired) electrons. The lowest BCUT2D eigenvalue weighted by Crippen LogP contribution is -2.26. The molecule has 0 aromatic heterocycles. The van der Waals surface area contributed by atoms with E-state index < -0.39 is 11.7 Å². The van der Waals surface area contributed by atoms with Gasteiger partial charge in [-0.25, -0.2) is 4.39 Å². The summed E-state index contributed by atoms with van der Waals surface area (Å²) in [6.45, 7) is 0.386. The summed E-state index contributed by atoms with van der Waals surface area (Å²) in [5, 5.41) is 11.9. The van der Waals surface area contributed by atoms with Gasteiger partial charge in [0.1, 0.15) is 11.6 Å². The second kappa shape index (κ2) is 6.00. The highest BCUT2D eigenvalue weighted by molar-refractivity contribution is 5.94. The van der Waals surface area contributed by atoms with Crippen LogP contribution < -0.4 is 5.32 Å². The molecule has 0 atom stereocenters. The predicted molar refractivity (Wildman–Crippen MR) is 70.5 cm³/mol. The van der Waals surface area contributed by atoms with Crippen molar-refractivity contribution in [2.24, 2.45) is 0 Å². The second-order valence-corrected chi connectivity index (χ2v) is 4.16. The van der Waals surface area contributed by atoms with Gasteiger partial charge in [0.05, 0.1) is 5.56 Å². The van der Waals surface area contributed by atoms with Crippen molar-refractivity contribution in [2.75, 3.05) is 6.54 Å². The van der Waals surface area contributed by atoms with E-state index in [1.807, 2.05) is 6.07 Å². The van der Waals surface area contributed by atoms with Crippen molar-refractivity contribution in [1.29, 1.82) is 0 Å². The minimum absolute atomic E-state index is 0.0402. The number of aromatic hydroxyl groups is 1. The molecule has 0 saturated heterocycles. The number of benzene rings is 2. The first-order valence-corrected chi connectivity index (χ1v) is 5.97. The first kappa shape index (κ1) is 13.1. The molecule has 0 spiro atoms. The normalized spacial score (nSPS) is 10.2. The molecule has 2 rings (SSSR count). The molecule has 19 heavy (non-hydrogen) atoms. The van der Waals surface area contributed by atoms with Gasteiger partial charge in [0, 0.05) is 6.54 Å². The third kappa shape index (κ3) is 3.55. The lowest BCUT2D eigenvalue weighted by atomic mass is 10.1. The second-order valence-electron chi connectivity index (χ2n) is 4.16. The van der Waals surface area contributed by atoms with Gasteiger partial charge in [0.2, 0.25) is 0 Å². The van der Waals surface area contributed by atoms with Gasteiger partial charge in [-0.3, -0.25) is 4.79 Å². The first-order valence-electron chi connectivity index (χ1n) is 5.97. The molecular formula is C15H14FNO2. The number of hydrogen-bond acceptors (Lipinski definition) is 2. The Bertz CT molecular complexity index is 584. The lowest BCUT2D eigenvalue weighted by molar-refractivity contribution is 0.0950. The summed E-state index contributed by atoms with van der Waals surface area (Å²) in [6, 6.07) is 12.7. The van der Waals surface area contributed by atoms with E-state index in [1.54, 1.807) is 30.3 Å². The highest BCUT2D eigenvalue weighted by Crippen LogP contribution is 2.11. The van der Waals surface area contributed by atoms with Crippen LogP contribution in [-0.4, -0.2) is 17.6 Å². The SMILES string of the molecule is O=C(NCCc1cccc(O)c1)c1ccccc1F. The van der Waals surface area contributed by atoms with Gasteiger partial charge >= 0.3 is 0 Å². The first-order chi connectivity index (χ1) is 9.16. The number of carbonyl (C=O) groups is 1. The molecule has 0 heterocycles. The van der Waals surface area contributed by atoms with Gasteiger partial charge in [-0.05, 0) is 36.2 Å². The third-order valence-corrected chi connectivity index (χ3v) is 2.73. The minimum Gasteiger partial charge on any atom is -0.508 e. The standard InChI is InChI=1S/C15H14FNO2/c16-14-7-2-1-6-13(14)15(19)17-9-8-11-4-3-5-12(18)10-11/h1-7,10,18H,8-9H2,(H,17,19). The molecule has 0 saturated carbocycles. The number of amides is 1. The van der Waals surface area contributed by atoms with Crippen molar-refractivity contribution in [3.8, 4) is 5.75 Å². The van der Waals surface area contributed by atoms with E-state index in [2.05, 4.69) is 5.32 Å². The van der Waals surface area contributed by atoms with Crippen molar-refractivity contribution in [2.45, 2.75) is 6.42 Å². The van der Waals surface area contributed by atoms with E-state index >= 15 is 0 Å². The number of nitrogens with one attached hydrogen (secondary N) is 1. The zero-order valence-corrected chi connectivity index (χ0v) is 10.3. The lowest BCUT2D eigenvalue weighted by Gasteiger charge is -2.06. The maximum Gasteiger partial charge on any atom is 0.254 e. The van der Waals surface area contributed by atoms with Gasteiger partial charge in [-0.2, -0.15) is 0 Å². The highest BCUT2D eigenvalue weighted by atomic mass is 19.1. The van der Waals surface area contributed by atoms with Crippen molar-refractivity contribution < 1.29 is 14.3 Å². The van der Waals surface area contributed by atoms with Crippen LogP contribution in [-0.2, 0) is 6.42 Å². The smallest absolute Gasteiger partial charge is 0.254 e. The Morgan fingerprint density at radius 2 is 1.95 bits per heavy atom. The minimum atomic E-state index is -0.530. The molecule has 98 valence electrons. The van der Waals surface area contributed by atoms with Crippen molar-refractivity contribution >= 4 is 5.91 Å². The summed E-state index contributed by atoms with van der Waals surface area (Å²) in [7, 11) is 0. The molecule has 1 amide bonds. The van der Waals surface area contributed by atoms with Crippen molar-refractivity contribution in [1.82, 2.24) is 5.32 Å². The summed E-state index contributed by atoms with van der Waals surface area (Å²) in [6.07, 6.45) is 0.578. The van der Waals surface area contributed by atoms with E-state index in [0.29, 0.717) is 13.0 Å². The molecule has 0 aliphatic carbocycles. The van der Waals surface area contributed by atoms with E-state index in [-0.39, 0.29) is 11.3 Å². The Kier molecular flexibility index (Phi) is 4.13. The Morgan fingerprint density at radius 3 is 2.68 bits per heavy atom. The summed E-state index contributed by atoms with van der Waals surface area (Å²) in [4.78, 5) is 11.7. The Hall–Kier alpha value is -2.36. The average Bonchev–Trinajstić information content (AvgIpc) is 2.39. The van der Waals surface area contributed by atoms with Gasteiger partial charge in [-0.1, -0.05) is 24.3 Å². The Balaban J connectivity index is 1.90. The monoisotopic (exact) mass is 259 g/mol. The summed E-state index contributed by atoms with van der Waals surface area (Å²) in [5.74, 6) is -0.770. The van der Waals surface area contributed by atoms with Crippen LogP contribution in [0.15, 0.2) is 48.5 Å². The van der Waals surface area contributed by atoms with E-state index in [9.17, 15) is 14.3 Å². The van der Waals surface area contributed by atoms with Crippen LogP contribution in [0.4, 0.5) is 4.39 Å². The van der Waals surface area contributed by atoms with Crippen LogP contribution in [0.2, 0.25) is 0 Å². The molecule has 2 N–H and O–H groups in total. The maximum absolute atomic E-state index is 13.3. The molecule has 3 nitrogen and oxygen atoms in total. The summed E-state index contributed by atoms with van der Waals surface area (Å²) >= 11 is 0. The Morgan fingerprint density at radius 1 is 1.16 bits per heavy atom. The molecule has 0 fully saturated rings. The zero-order chi connectivity index (χ0) is 13.7. The molecule has 0 unspecified atom stereocenters. The fourth-order valence-electron chi connectivity index (χ4n) is 1.77. The van der Waals surface area contributed by atoms with Gasteiger partial charge < -0.3 is 10.4 Å². The fraction of sp³-hybridized carbons (Fsp3) is 0.133. The number of halogens is 1. The zero-order valence-electron chi connectivity index (χ0n) is 10.3. The van der Waals surface area contributed by atoms with E-state index in [1.165, 1.54) is 12.1 Å². The van der Waals surface area contributed by atoms with Crippen molar-refractivity contribution in [3.05, 3.63) is 65.5 Å². The van der Waals surface area contributed by atoms with E-state index in [4.69, 9.17) is 0 Å². The van der Waals surface area contributed by atoms with Crippen LogP contribution in [0.3, 0.4) is 0 Å².